The standard InChI is InChI=1S/C40H26N2O/c1-2-12-29-26(11-1)25-34(39-33-16-6-10-20-38(33)43-40(29)39)30-13-3-7-17-35(30)41-27-21-23-28(24-22-27)42-36-18-8-4-14-31(36)32-15-5-9-19-37(32)42/h1-25,41H/i21D,22D,23D,24D. The lowest BCUT2D eigenvalue weighted by Crippen LogP contribution is -1.96. The van der Waals surface area contributed by atoms with Gasteiger partial charge in [-0.05, 0) is 65.5 Å². The molecular formula is C40H26N2O. The van der Waals surface area contributed by atoms with Crippen LogP contribution in [0, 0.1) is 0 Å². The van der Waals surface area contributed by atoms with Gasteiger partial charge in [0.1, 0.15) is 11.2 Å². The van der Waals surface area contributed by atoms with Crippen molar-refractivity contribution in [1.82, 2.24) is 4.57 Å². The van der Waals surface area contributed by atoms with Gasteiger partial charge >= 0.3 is 0 Å². The van der Waals surface area contributed by atoms with Crippen LogP contribution in [-0.2, 0) is 0 Å². The molecular weight excluding hydrogens is 524 g/mol. The van der Waals surface area contributed by atoms with Crippen LogP contribution in [-0.4, -0.2) is 4.57 Å². The summed E-state index contributed by atoms with van der Waals surface area (Å²) in [6.45, 7) is 0. The molecule has 0 saturated heterocycles. The minimum absolute atomic E-state index is 0.117. The topological polar surface area (TPSA) is 30.1 Å². The summed E-state index contributed by atoms with van der Waals surface area (Å²) in [7, 11) is 0. The lowest BCUT2D eigenvalue weighted by Gasteiger charge is -2.15. The van der Waals surface area contributed by atoms with Gasteiger partial charge in [0, 0.05) is 49.6 Å². The smallest absolute Gasteiger partial charge is 0.143 e. The second-order valence-corrected chi connectivity index (χ2v) is 10.7. The highest BCUT2D eigenvalue weighted by molar-refractivity contribution is 6.22. The van der Waals surface area contributed by atoms with E-state index in [0.29, 0.717) is 5.69 Å². The Kier molecular flexibility index (Phi) is 4.39. The molecule has 0 bridgehead atoms. The Labute approximate surface area is 253 Å². The van der Waals surface area contributed by atoms with E-state index in [9.17, 15) is 2.74 Å². The zero-order valence-corrected chi connectivity index (χ0v) is 23.0. The third-order valence-electron chi connectivity index (χ3n) is 8.26. The fraction of sp³-hybridized carbons (Fsp3) is 0. The van der Waals surface area contributed by atoms with Crippen LogP contribution < -0.4 is 5.32 Å². The summed E-state index contributed by atoms with van der Waals surface area (Å²) in [4.78, 5) is 0. The number of nitrogens with zero attached hydrogens (tertiary/aromatic N) is 1. The van der Waals surface area contributed by atoms with Crippen molar-refractivity contribution < 1.29 is 9.90 Å². The zero-order chi connectivity index (χ0) is 31.8. The molecule has 7 aromatic carbocycles. The number of fused-ring (bicyclic) bond motifs is 8. The quantitative estimate of drug-likeness (QED) is 0.234. The van der Waals surface area contributed by atoms with Crippen LogP contribution in [0.5, 0.6) is 0 Å². The molecule has 2 heterocycles. The highest BCUT2D eigenvalue weighted by Crippen LogP contribution is 2.43. The first kappa shape index (κ1) is 20.1. The molecule has 1 N–H and O–H groups in total. The van der Waals surface area contributed by atoms with Crippen LogP contribution in [0.15, 0.2) is 156 Å². The van der Waals surface area contributed by atoms with Crippen molar-refractivity contribution in [3.8, 4) is 16.8 Å². The van der Waals surface area contributed by atoms with Gasteiger partial charge in [0.05, 0.1) is 16.5 Å². The molecule has 0 spiro atoms. The molecule has 9 rings (SSSR count). The predicted molar refractivity (Wildman–Crippen MR) is 181 cm³/mol. The second kappa shape index (κ2) is 9.37. The number of hydrogen-bond acceptors (Lipinski definition) is 2. The monoisotopic (exact) mass is 554 g/mol. The van der Waals surface area contributed by atoms with Crippen molar-refractivity contribution in [2.24, 2.45) is 0 Å². The van der Waals surface area contributed by atoms with E-state index >= 15 is 0 Å². The van der Waals surface area contributed by atoms with Crippen LogP contribution in [0.2, 0.25) is 0 Å². The number of hydrogen-bond donors (Lipinski definition) is 1. The summed E-state index contributed by atoms with van der Waals surface area (Å²) in [6, 6.07) is 41.3. The molecule has 0 atom stereocenters. The molecule has 0 unspecified atom stereocenters. The van der Waals surface area contributed by atoms with E-state index < -0.39 is 0 Å². The Morgan fingerprint density at radius 3 is 1.93 bits per heavy atom. The summed E-state index contributed by atoms with van der Waals surface area (Å²) in [6.07, 6.45) is 0. The van der Waals surface area contributed by atoms with Crippen LogP contribution in [0.3, 0.4) is 0 Å². The molecule has 3 heteroatoms. The number of para-hydroxylation sites is 4. The molecule has 202 valence electrons. The van der Waals surface area contributed by atoms with E-state index in [-0.39, 0.29) is 35.5 Å². The van der Waals surface area contributed by atoms with Gasteiger partial charge in [0.25, 0.3) is 0 Å². The van der Waals surface area contributed by atoms with Crippen LogP contribution in [0.25, 0.3) is 71.3 Å². The number of benzene rings is 7. The molecule has 0 aliphatic rings. The number of aromatic nitrogens is 1. The lowest BCUT2D eigenvalue weighted by molar-refractivity contribution is 0.673. The third-order valence-corrected chi connectivity index (χ3v) is 8.26. The summed E-state index contributed by atoms with van der Waals surface area (Å²) >= 11 is 0. The maximum absolute atomic E-state index is 9.19. The van der Waals surface area contributed by atoms with Gasteiger partial charge < -0.3 is 14.3 Å². The summed E-state index contributed by atoms with van der Waals surface area (Å²) in [5.41, 5.74) is 6.06. The molecule has 0 radical (unpaired) electrons. The lowest BCUT2D eigenvalue weighted by atomic mass is 9.94. The maximum atomic E-state index is 9.19. The number of anilines is 2. The van der Waals surface area contributed by atoms with Gasteiger partial charge in [-0.25, -0.2) is 0 Å². The van der Waals surface area contributed by atoms with Gasteiger partial charge in [0.15, 0.2) is 0 Å². The Morgan fingerprint density at radius 1 is 0.558 bits per heavy atom. The Bertz CT molecular complexity index is 2640. The second-order valence-electron chi connectivity index (χ2n) is 10.7. The molecule has 0 aliphatic heterocycles. The average molecular weight is 555 g/mol. The van der Waals surface area contributed by atoms with Crippen molar-refractivity contribution in [3.63, 3.8) is 0 Å². The van der Waals surface area contributed by atoms with E-state index in [1.807, 2.05) is 108 Å². The minimum Gasteiger partial charge on any atom is -0.455 e. The van der Waals surface area contributed by atoms with Gasteiger partial charge in [-0.15, -0.1) is 0 Å². The van der Waals surface area contributed by atoms with E-state index in [0.717, 1.165) is 65.6 Å². The normalized spacial score (nSPS) is 13.0. The first-order valence-corrected chi connectivity index (χ1v) is 14.3. The number of furan rings is 1. The molecule has 0 aliphatic carbocycles. The Hall–Kier alpha value is -5.80. The first-order chi connectivity index (χ1) is 23.0. The first-order valence-electron chi connectivity index (χ1n) is 16.3. The SMILES string of the molecule is [2H]c1c([2H])c(-n2c3ccccc3c3ccccc32)c([2H])c([2H])c1Nc1ccccc1-c1cc2ccccc2c2oc3ccccc3c12. The van der Waals surface area contributed by atoms with Crippen molar-refractivity contribution in [2.45, 2.75) is 0 Å². The Balaban J connectivity index is 1.25. The van der Waals surface area contributed by atoms with Crippen molar-refractivity contribution in [2.75, 3.05) is 5.32 Å². The third kappa shape index (κ3) is 3.68. The molecule has 0 saturated carbocycles. The minimum atomic E-state index is -0.143. The summed E-state index contributed by atoms with van der Waals surface area (Å²) in [5.74, 6) is 0. The van der Waals surface area contributed by atoms with Crippen LogP contribution in [0.4, 0.5) is 11.4 Å². The van der Waals surface area contributed by atoms with Crippen molar-refractivity contribution >= 4 is 65.9 Å². The zero-order valence-electron chi connectivity index (χ0n) is 27.0. The molecule has 0 amide bonds. The van der Waals surface area contributed by atoms with E-state index in [1.165, 1.54) is 0 Å². The molecule has 9 aromatic rings. The van der Waals surface area contributed by atoms with Crippen molar-refractivity contribution in [1.29, 1.82) is 0 Å². The van der Waals surface area contributed by atoms with E-state index in [2.05, 4.69) is 29.6 Å². The maximum Gasteiger partial charge on any atom is 0.143 e. The van der Waals surface area contributed by atoms with Crippen LogP contribution >= 0.6 is 0 Å². The molecule has 0 fully saturated rings. The van der Waals surface area contributed by atoms with E-state index in [4.69, 9.17) is 7.16 Å². The number of rotatable bonds is 4. The summed E-state index contributed by atoms with van der Waals surface area (Å²) < 4.78 is 45.0. The highest BCUT2D eigenvalue weighted by Gasteiger charge is 2.18. The van der Waals surface area contributed by atoms with Gasteiger partial charge in [0.2, 0.25) is 0 Å². The van der Waals surface area contributed by atoms with Crippen LogP contribution in [0.1, 0.15) is 5.48 Å². The van der Waals surface area contributed by atoms with Crippen molar-refractivity contribution in [3.05, 3.63) is 152 Å². The fourth-order valence-corrected chi connectivity index (χ4v) is 6.38. The Morgan fingerprint density at radius 2 is 1.16 bits per heavy atom. The largest absolute Gasteiger partial charge is 0.455 e. The van der Waals surface area contributed by atoms with Gasteiger partial charge in [-0.3, -0.25) is 0 Å². The fourth-order valence-electron chi connectivity index (χ4n) is 6.38. The molecule has 2 aromatic heterocycles. The van der Waals surface area contributed by atoms with Gasteiger partial charge in [-0.2, -0.15) is 0 Å². The summed E-state index contributed by atoms with van der Waals surface area (Å²) in [5, 5.41) is 9.35. The predicted octanol–water partition coefficient (Wildman–Crippen LogP) is 11.2. The number of nitrogens with one attached hydrogen (secondary N) is 1. The highest BCUT2D eigenvalue weighted by atomic mass is 16.3. The average Bonchev–Trinajstić information content (AvgIpc) is 3.66. The molecule has 43 heavy (non-hydrogen) atoms. The molecule has 3 nitrogen and oxygen atoms in total. The van der Waals surface area contributed by atoms with Gasteiger partial charge in [-0.1, -0.05) is 97.1 Å². The van der Waals surface area contributed by atoms with E-state index in [1.54, 1.807) is 0 Å².